The van der Waals surface area contributed by atoms with Gasteiger partial charge in [-0.05, 0) is 73.2 Å². The first-order valence-corrected chi connectivity index (χ1v) is 9.37. The van der Waals surface area contributed by atoms with Crippen LogP contribution in [0.1, 0.15) is 34.5 Å². The Labute approximate surface area is 164 Å². The average molecular weight is 435 g/mol. The Kier molecular flexibility index (Phi) is 5.38. The van der Waals surface area contributed by atoms with Crippen LogP contribution in [0.4, 0.5) is 0 Å². The van der Waals surface area contributed by atoms with E-state index in [1.165, 1.54) is 0 Å². The van der Waals surface area contributed by atoms with Crippen molar-refractivity contribution in [1.82, 2.24) is 29.9 Å². The van der Waals surface area contributed by atoms with E-state index in [0.29, 0.717) is 29.2 Å². The number of rotatable bonds is 5. The van der Waals surface area contributed by atoms with E-state index in [0.717, 1.165) is 21.5 Å². The lowest BCUT2D eigenvalue weighted by Crippen LogP contribution is -2.24. The number of aryl methyl sites for hydroxylation is 1. The Morgan fingerprint density at radius 1 is 1.31 bits per heavy atom. The lowest BCUT2D eigenvalue weighted by Gasteiger charge is -2.08. The summed E-state index contributed by atoms with van der Waals surface area (Å²) in [4.78, 5) is 12.4. The molecule has 3 rings (SSSR count). The van der Waals surface area contributed by atoms with Gasteiger partial charge in [-0.2, -0.15) is 10.2 Å². The molecule has 0 saturated heterocycles. The molecule has 26 heavy (non-hydrogen) atoms. The highest BCUT2D eigenvalue weighted by atomic mass is 79.9. The molecular formula is C17H19BrN6OS. The van der Waals surface area contributed by atoms with Gasteiger partial charge >= 0.3 is 0 Å². The van der Waals surface area contributed by atoms with E-state index in [4.69, 9.17) is 12.2 Å². The number of benzene rings is 1. The molecule has 2 aromatic heterocycles. The van der Waals surface area contributed by atoms with Crippen molar-refractivity contribution in [2.45, 2.75) is 33.9 Å². The normalized spacial score (nSPS) is 10.9. The van der Waals surface area contributed by atoms with Gasteiger partial charge in [0.2, 0.25) is 0 Å². The fourth-order valence-corrected chi connectivity index (χ4v) is 3.23. The zero-order chi connectivity index (χ0) is 18.8. The van der Waals surface area contributed by atoms with Gasteiger partial charge in [0.15, 0.2) is 10.6 Å². The number of nitrogens with zero attached hydrogens (tertiary/aromatic N) is 4. The predicted molar refractivity (Wildman–Crippen MR) is 105 cm³/mol. The van der Waals surface area contributed by atoms with Crippen molar-refractivity contribution in [3.63, 3.8) is 0 Å². The molecule has 0 spiro atoms. The van der Waals surface area contributed by atoms with E-state index in [1.54, 1.807) is 12.1 Å². The van der Waals surface area contributed by atoms with Gasteiger partial charge in [-0.25, -0.2) is 4.68 Å². The van der Waals surface area contributed by atoms with Gasteiger partial charge in [0.25, 0.3) is 5.91 Å². The first kappa shape index (κ1) is 18.5. The van der Waals surface area contributed by atoms with Crippen molar-refractivity contribution >= 4 is 34.1 Å². The van der Waals surface area contributed by atoms with Gasteiger partial charge in [-0.1, -0.05) is 0 Å². The van der Waals surface area contributed by atoms with Crippen LogP contribution in [0.15, 0.2) is 28.7 Å². The molecule has 1 amide bonds. The zero-order valence-corrected chi connectivity index (χ0v) is 17.1. The number of halogens is 1. The van der Waals surface area contributed by atoms with Crippen LogP contribution in [0.3, 0.4) is 0 Å². The van der Waals surface area contributed by atoms with E-state index in [-0.39, 0.29) is 5.91 Å². The molecule has 0 bridgehead atoms. The number of aromatic nitrogens is 5. The zero-order valence-electron chi connectivity index (χ0n) is 14.7. The van der Waals surface area contributed by atoms with Crippen molar-refractivity contribution in [1.29, 1.82) is 0 Å². The van der Waals surface area contributed by atoms with Crippen LogP contribution in [0.5, 0.6) is 0 Å². The third-order valence-electron chi connectivity index (χ3n) is 4.14. The second kappa shape index (κ2) is 7.55. The molecule has 0 atom stereocenters. The summed E-state index contributed by atoms with van der Waals surface area (Å²) in [5.41, 5.74) is 3.42. The average Bonchev–Trinajstić information content (AvgIpc) is 3.13. The highest BCUT2D eigenvalue weighted by molar-refractivity contribution is 9.10. The quantitative estimate of drug-likeness (QED) is 0.602. The highest BCUT2D eigenvalue weighted by Crippen LogP contribution is 2.23. The topological polar surface area (TPSA) is 80.5 Å². The van der Waals surface area contributed by atoms with Crippen molar-refractivity contribution in [3.05, 3.63) is 56.3 Å². The number of aromatic amines is 1. The van der Waals surface area contributed by atoms with Gasteiger partial charge in [-0.3, -0.25) is 9.89 Å². The van der Waals surface area contributed by atoms with Crippen LogP contribution in [0, 0.1) is 18.6 Å². The van der Waals surface area contributed by atoms with Gasteiger partial charge < -0.3 is 9.88 Å². The first-order valence-electron chi connectivity index (χ1n) is 8.16. The summed E-state index contributed by atoms with van der Waals surface area (Å²) in [6.45, 7) is 6.93. The molecule has 2 N–H and O–H groups in total. The second-order valence-corrected chi connectivity index (χ2v) is 7.00. The summed E-state index contributed by atoms with van der Waals surface area (Å²) >= 11 is 8.67. The number of carbonyl (C=O) groups excluding carboxylic acids is 1. The Hall–Kier alpha value is -2.26. The minimum absolute atomic E-state index is 0.164. The molecule has 0 aliphatic heterocycles. The van der Waals surface area contributed by atoms with E-state index < -0.39 is 0 Å². The Balaban J connectivity index is 1.72. The molecule has 2 heterocycles. The minimum atomic E-state index is -0.164. The van der Waals surface area contributed by atoms with Gasteiger partial charge in [-0.15, -0.1) is 0 Å². The van der Waals surface area contributed by atoms with Gasteiger partial charge in [0.1, 0.15) is 0 Å². The number of hydrogen-bond donors (Lipinski definition) is 2. The molecule has 0 radical (unpaired) electrons. The summed E-state index contributed by atoms with van der Waals surface area (Å²) in [6.07, 6.45) is 0. The van der Waals surface area contributed by atoms with E-state index in [9.17, 15) is 4.79 Å². The minimum Gasteiger partial charge on any atom is -0.345 e. The maximum atomic E-state index is 12.4. The molecular weight excluding hydrogens is 416 g/mol. The van der Waals surface area contributed by atoms with Crippen LogP contribution in [-0.4, -0.2) is 30.5 Å². The molecule has 0 fully saturated rings. The molecule has 0 unspecified atom stereocenters. The van der Waals surface area contributed by atoms with Crippen molar-refractivity contribution in [2.24, 2.45) is 0 Å². The summed E-state index contributed by atoms with van der Waals surface area (Å²) in [5, 5.41) is 14.2. The molecule has 9 heteroatoms. The molecule has 0 saturated carbocycles. The van der Waals surface area contributed by atoms with Crippen LogP contribution < -0.4 is 5.32 Å². The fourth-order valence-electron chi connectivity index (χ4n) is 2.70. The third kappa shape index (κ3) is 3.49. The van der Waals surface area contributed by atoms with Crippen molar-refractivity contribution in [3.8, 4) is 5.69 Å². The molecule has 1 aromatic carbocycles. The predicted octanol–water partition coefficient (Wildman–Crippen LogP) is 3.46. The SMILES string of the molecule is CCn1c(CNC(=O)c2ccc(-n3nc(C)c(Br)c3C)cc2)n[nH]c1=S. The molecule has 136 valence electrons. The van der Waals surface area contributed by atoms with E-state index in [1.807, 2.05) is 42.2 Å². The Morgan fingerprint density at radius 2 is 2.00 bits per heavy atom. The Bertz CT molecular complexity index is 1000. The highest BCUT2D eigenvalue weighted by Gasteiger charge is 2.12. The summed E-state index contributed by atoms with van der Waals surface area (Å²) in [6, 6.07) is 7.32. The lowest BCUT2D eigenvalue weighted by molar-refractivity contribution is 0.0949. The standard InChI is InChI=1S/C17H19BrN6OS/c1-4-23-14(20-21-17(23)26)9-19-16(25)12-5-7-13(8-6-12)24-11(3)15(18)10(2)22-24/h5-8H,4,9H2,1-3H3,(H,19,25)(H,21,26). The van der Waals surface area contributed by atoms with Crippen LogP contribution in [0.25, 0.3) is 5.69 Å². The van der Waals surface area contributed by atoms with Gasteiger partial charge in [0, 0.05) is 12.1 Å². The molecule has 0 aliphatic carbocycles. The monoisotopic (exact) mass is 434 g/mol. The summed E-state index contributed by atoms with van der Waals surface area (Å²) in [7, 11) is 0. The number of amides is 1. The second-order valence-electron chi connectivity index (χ2n) is 5.82. The van der Waals surface area contributed by atoms with Crippen molar-refractivity contribution < 1.29 is 4.79 Å². The smallest absolute Gasteiger partial charge is 0.251 e. The number of carbonyl (C=O) groups is 1. The maximum absolute atomic E-state index is 12.4. The third-order valence-corrected chi connectivity index (χ3v) is 5.60. The summed E-state index contributed by atoms with van der Waals surface area (Å²) < 4.78 is 5.24. The van der Waals surface area contributed by atoms with Crippen molar-refractivity contribution in [2.75, 3.05) is 0 Å². The van der Waals surface area contributed by atoms with E-state index >= 15 is 0 Å². The largest absolute Gasteiger partial charge is 0.345 e. The number of H-pyrrole nitrogens is 1. The molecule has 0 aliphatic rings. The Morgan fingerprint density at radius 3 is 2.58 bits per heavy atom. The number of nitrogens with one attached hydrogen (secondary N) is 2. The number of hydrogen-bond acceptors (Lipinski definition) is 4. The van der Waals surface area contributed by atoms with Crippen LogP contribution >= 0.6 is 28.1 Å². The fraction of sp³-hybridized carbons (Fsp3) is 0.294. The van der Waals surface area contributed by atoms with E-state index in [2.05, 4.69) is 36.5 Å². The maximum Gasteiger partial charge on any atom is 0.251 e. The molecule has 7 nitrogen and oxygen atoms in total. The molecule has 3 aromatic rings. The summed E-state index contributed by atoms with van der Waals surface area (Å²) in [5.74, 6) is 0.539. The first-order chi connectivity index (χ1) is 12.4. The lowest BCUT2D eigenvalue weighted by atomic mass is 10.2. The van der Waals surface area contributed by atoms with Gasteiger partial charge in [0.05, 0.1) is 28.1 Å². The van der Waals surface area contributed by atoms with Crippen LogP contribution in [-0.2, 0) is 13.1 Å². The van der Waals surface area contributed by atoms with Crippen LogP contribution in [0.2, 0.25) is 0 Å².